The molecule has 6 heteroatoms. The van der Waals surface area contributed by atoms with Crippen molar-refractivity contribution < 1.29 is 0 Å². The zero-order valence-electron chi connectivity index (χ0n) is 27.4. The topological polar surface area (TPSA) is 36.1 Å². The second kappa shape index (κ2) is 11.8. The molecule has 1 aliphatic heterocycles. The van der Waals surface area contributed by atoms with Gasteiger partial charge < -0.3 is 0 Å². The van der Waals surface area contributed by atoms with E-state index in [1.165, 1.54) is 88.3 Å². The van der Waals surface area contributed by atoms with Gasteiger partial charge in [-0.05, 0) is 52.6 Å². The summed E-state index contributed by atoms with van der Waals surface area (Å²) >= 11 is 5.66. The van der Waals surface area contributed by atoms with Crippen LogP contribution in [0.1, 0.15) is 35.2 Å². The molecule has 3 unspecified atom stereocenters. The first kappa shape index (κ1) is 29.8. The van der Waals surface area contributed by atoms with Gasteiger partial charge in [0, 0.05) is 66.1 Å². The highest BCUT2D eigenvalue weighted by atomic mass is 32.1. The van der Waals surface area contributed by atoms with E-state index >= 15 is 0 Å². The van der Waals surface area contributed by atoms with Gasteiger partial charge in [0.25, 0.3) is 0 Å². The van der Waals surface area contributed by atoms with Gasteiger partial charge in [0.05, 0.1) is 18.5 Å². The molecule has 0 amide bonds. The lowest BCUT2D eigenvalue weighted by molar-refractivity contribution is 0.204. The Morgan fingerprint density at radius 3 is 1.80 bits per heavy atom. The van der Waals surface area contributed by atoms with Crippen LogP contribution in [-0.4, -0.2) is 0 Å². The Bertz CT molecular complexity index is 2940. The first-order chi connectivity index (χ1) is 25.2. The Morgan fingerprint density at radius 2 is 0.961 bits per heavy atom. The molecule has 4 heterocycles. The van der Waals surface area contributed by atoms with E-state index in [0.717, 1.165) is 0 Å². The highest BCUT2D eigenvalue weighted by molar-refractivity contribution is 7.27. The maximum atomic E-state index is 3.99. The average molecular weight is 710 g/mol. The van der Waals surface area contributed by atoms with Crippen molar-refractivity contribution in [2.24, 2.45) is 0 Å². The third-order valence-corrected chi connectivity index (χ3v) is 14.0. The molecule has 3 nitrogen and oxygen atoms in total. The zero-order valence-corrected chi connectivity index (χ0v) is 29.8. The van der Waals surface area contributed by atoms with Gasteiger partial charge in [-0.25, -0.2) is 0 Å². The van der Waals surface area contributed by atoms with Gasteiger partial charge in [-0.15, -0.1) is 34.0 Å². The lowest BCUT2D eigenvalue weighted by Crippen LogP contribution is -2.54. The van der Waals surface area contributed by atoms with Crippen LogP contribution >= 0.6 is 34.0 Å². The van der Waals surface area contributed by atoms with E-state index in [-0.39, 0.29) is 18.5 Å². The van der Waals surface area contributed by atoms with Crippen molar-refractivity contribution in [1.82, 2.24) is 16.0 Å². The van der Waals surface area contributed by atoms with Crippen molar-refractivity contribution in [3.63, 3.8) is 0 Å². The minimum Gasteiger partial charge on any atom is -0.279 e. The fourth-order valence-electron chi connectivity index (χ4n) is 7.97. The Kier molecular flexibility index (Phi) is 6.90. The molecule has 0 aliphatic carbocycles. The van der Waals surface area contributed by atoms with Crippen LogP contribution in [0.2, 0.25) is 0 Å². The summed E-state index contributed by atoms with van der Waals surface area (Å²) in [6.45, 7) is 0. The van der Waals surface area contributed by atoms with Gasteiger partial charge >= 0.3 is 0 Å². The molecule has 3 atom stereocenters. The van der Waals surface area contributed by atoms with Crippen molar-refractivity contribution >= 4 is 94.5 Å². The Morgan fingerprint density at radius 1 is 0.353 bits per heavy atom. The standard InChI is InChI=1S/C45H31N3S3/c1-2-10-26(11-3-1)43-46-44(28-21-23-39-36(24-28)31-13-5-6-18-37(31)49-39)48-45(47-43)35-17-9-16-34-32-22-20-27(25-40(32)51-42(34)35)29-14-8-15-33-30-12-4-7-19-38(30)50-41(29)33/h1-25,43-48H. The normalized spacial score (nSPS) is 18.2. The fourth-order valence-corrected chi connectivity index (χ4v) is 11.6. The van der Waals surface area contributed by atoms with Crippen LogP contribution in [0.15, 0.2) is 152 Å². The van der Waals surface area contributed by atoms with Crippen LogP contribution in [0, 0.1) is 0 Å². The molecule has 1 saturated heterocycles. The summed E-state index contributed by atoms with van der Waals surface area (Å²) in [5.74, 6) is 0. The Balaban J connectivity index is 1.02. The second-order valence-corrected chi connectivity index (χ2v) is 16.6. The summed E-state index contributed by atoms with van der Waals surface area (Å²) in [7, 11) is 0. The molecule has 10 aromatic rings. The van der Waals surface area contributed by atoms with Gasteiger partial charge in [0.1, 0.15) is 0 Å². The van der Waals surface area contributed by atoms with E-state index in [2.05, 4.69) is 168 Å². The van der Waals surface area contributed by atoms with Gasteiger partial charge in [0.2, 0.25) is 0 Å². The lowest BCUT2D eigenvalue weighted by Gasteiger charge is -2.39. The summed E-state index contributed by atoms with van der Waals surface area (Å²) in [6, 6.07) is 55.8. The summed E-state index contributed by atoms with van der Waals surface area (Å²) in [5.41, 5.74) is 6.31. The van der Waals surface area contributed by atoms with E-state index in [1.54, 1.807) is 0 Å². The summed E-state index contributed by atoms with van der Waals surface area (Å²) in [4.78, 5) is 0. The van der Waals surface area contributed by atoms with E-state index in [9.17, 15) is 0 Å². The number of fused-ring (bicyclic) bond motifs is 9. The molecule has 0 bridgehead atoms. The molecule has 244 valence electrons. The van der Waals surface area contributed by atoms with Crippen LogP contribution < -0.4 is 16.0 Å². The van der Waals surface area contributed by atoms with E-state index in [0.29, 0.717) is 0 Å². The largest absolute Gasteiger partial charge is 0.279 e. The monoisotopic (exact) mass is 709 g/mol. The maximum Gasteiger partial charge on any atom is 0.0878 e. The molecule has 1 aliphatic rings. The number of hydrogen-bond acceptors (Lipinski definition) is 6. The average Bonchev–Trinajstić information content (AvgIpc) is 3.88. The number of benzene rings is 7. The fraction of sp³-hybridized carbons (Fsp3) is 0.0667. The van der Waals surface area contributed by atoms with Crippen molar-refractivity contribution in [2.45, 2.75) is 18.5 Å². The van der Waals surface area contributed by atoms with Crippen LogP contribution in [0.3, 0.4) is 0 Å². The smallest absolute Gasteiger partial charge is 0.0878 e. The molecule has 7 aromatic carbocycles. The molecule has 3 N–H and O–H groups in total. The molecule has 1 fully saturated rings. The van der Waals surface area contributed by atoms with Crippen molar-refractivity contribution in [1.29, 1.82) is 0 Å². The molecule has 3 aromatic heterocycles. The third-order valence-electron chi connectivity index (χ3n) is 10.4. The van der Waals surface area contributed by atoms with Gasteiger partial charge in [-0.1, -0.05) is 121 Å². The maximum absolute atomic E-state index is 3.99. The van der Waals surface area contributed by atoms with Crippen molar-refractivity contribution in [2.75, 3.05) is 0 Å². The second-order valence-electron chi connectivity index (χ2n) is 13.4. The first-order valence-electron chi connectivity index (χ1n) is 17.4. The Hall–Kier alpha value is -4.92. The van der Waals surface area contributed by atoms with Gasteiger partial charge in [0.15, 0.2) is 0 Å². The molecular formula is C45H31N3S3. The van der Waals surface area contributed by atoms with Crippen LogP contribution in [0.5, 0.6) is 0 Å². The predicted octanol–water partition coefficient (Wildman–Crippen LogP) is 12.6. The van der Waals surface area contributed by atoms with Gasteiger partial charge in [-0.2, -0.15) is 0 Å². The number of nitrogens with one attached hydrogen (secondary N) is 3. The van der Waals surface area contributed by atoms with Crippen molar-refractivity contribution in [3.8, 4) is 11.1 Å². The van der Waals surface area contributed by atoms with E-state index in [4.69, 9.17) is 0 Å². The minimum absolute atomic E-state index is 0.0320. The van der Waals surface area contributed by atoms with Crippen molar-refractivity contribution in [3.05, 3.63) is 168 Å². The van der Waals surface area contributed by atoms with Crippen LogP contribution in [-0.2, 0) is 0 Å². The van der Waals surface area contributed by atoms with Crippen LogP contribution in [0.4, 0.5) is 0 Å². The molecule has 0 radical (unpaired) electrons. The number of rotatable bonds is 4. The summed E-state index contributed by atoms with van der Waals surface area (Å²) in [5, 5.41) is 19.8. The molecule has 11 rings (SSSR count). The predicted molar refractivity (Wildman–Crippen MR) is 221 cm³/mol. The lowest BCUT2D eigenvalue weighted by atomic mass is 10.00. The minimum atomic E-state index is -0.0695. The third kappa shape index (κ3) is 4.87. The van der Waals surface area contributed by atoms with Crippen LogP contribution in [0.25, 0.3) is 71.6 Å². The quantitative estimate of drug-likeness (QED) is 0.170. The summed E-state index contributed by atoms with van der Waals surface area (Å²) in [6.07, 6.45) is -0.155. The first-order valence-corrected chi connectivity index (χ1v) is 19.8. The number of thiophene rings is 3. The highest BCUT2D eigenvalue weighted by Crippen LogP contribution is 2.44. The van der Waals surface area contributed by atoms with E-state index in [1.807, 2.05) is 34.0 Å². The Labute approximate surface area is 306 Å². The van der Waals surface area contributed by atoms with E-state index < -0.39 is 0 Å². The molecular weight excluding hydrogens is 679 g/mol. The zero-order chi connectivity index (χ0) is 33.5. The summed E-state index contributed by atoms with van der Waals surface area (Å²) < 4.78 is 7.98. The SMILES string of the molecule is c1ccc(C2NC(c3ccc4sc5ccccc5c4c3)NC(c3cccc4c3sc3cc(-c5cccc6c5sc5ccccc56)ccc34)N2)cc1. The molecule has 0 spiro atoms. The number of hydrogen-bond donors (Lipinski definition) is 3. The molecule has 0 saturated carbocycles. The molecule has 51 heavy (non-hydrogen) atoms. The highest BCUT2D eigenvalue weighted by Gasteiger charge is 2.31. The van der Waals surface area contributed by atoms with Gasteiger partial charge in [-0.3, -0.25) is 16.0 Å².